The van der Waals surface area contributed by atoms with Crippen molar-refractivity contribution in [1.82, 2.24) is 20.1 Å². The van der Waals surface area contributed by atoms with Gasteiger partial charge < -0.3 is 41.3 Å². The fourth-order valence-corrected chi connectivity index (χ4v) is 4.87. The van der Waals surface area contributed by atoms with Crippen molar-refractivity contribution in [3.8, 4) is 0 Å². The molecule has 1 fully saturated rings. The zero-order valence-electron chi connectivity index (χ0n) is 28.1. The van der Waals surface area contributed by atoms with Gasteiger partial charge in [-0.25, -0.2) is 14.4 Å². The molecule has 3 aromatic carbocycles. The molecule has 5 rings (SSSR count). The summed E-state index contributed by atoms with van der Waals surface area (Å²) in [6.45, 7) is 3.00. The Bertz CT molecular complexity index is 1770. The summed E-state index contributed by atoms with van der Waals surface area (Å²) in [6.07, 6.45) is 4.50. The van der Waals surface area contributed by atoms with Gasteiger partial charge >= 0.3 is 18.0 Å². The predicted molar refractivity (Wildman–Crippen MR) is 189 cm³/mol. The molecule has 14 heteroatoms. The summed E-state index contributed by atoms with van der Waals surface area (Å²) in [7, 11) is 4.11. The van der Waals surface area contributed by atoms with Crippen LogP contribution in [0.3, 0.4) is 0 Å². The molecule has 0 aliphatic carbocycles. The molecule has 1 aromatic heterocycles. The van der Waals surface area contributed by atoms with E-state index < -0.39 is 24.0 Å². The Morgan fingerprint density at radius 2 is 1.58 bits per heavy atom. The summed E-state index contributed by atoms with van der Waals surface area (Å²) in [5.74, 6) is -2.99. The van der Waals surface area contributed by atoms with Gasteiger partial charge in [-0.05, 0) is 80.5 Å². The lowest BCUT2D eigenvalue weighted by atomic mass is 10.0. The quantitative estimate of drug-likeness (QED) is 0.100. The number of likely N-dealkylation sites (N-methyl/N-ethyl adjacent to an activating group) is 1. The van der Waals surface area contributed by atoms with Gasteiger partial charge in [0.1, 0.15) is 6.04 Å². The number of carboxylic acids is 2. The summed E-state index contributed by atoms with van der Waals surface area (Å²) in [6, 6.07) is 21.2. The van der Waals surface area contributed by atoms with E-state index in [1.807, 2.05) is 30.5 Å². The Morgan fingerprint density at radius 3 is 2.20 bits per heavy atom. The molecule has 1 aliphatic rings. The molecular formula is C36H43N5O9. The summed E-state index contributed by atoms with van der Waals surface area (Å²) >= 11 is 0. The molecule has 1 saturated heterocycles. The molecule has 14 nitrogen and oxygen atoms in total. The molecule has 0 saturated carbocycles. The van der Waals surface area contributed by atoms with Gasteiger partial charge in [-0.1, -0.05) is 36.4 Å². The number of hydrogen-bond donors (Lipinski definition) is 6. The largest absolute Gasteiger partial charge is 0.478 e. The van der Waals surface area contributed by atoms with Crippen molar-refractivity contribution in [3.05, 3.63) is 113 Å². The van der Waals surface area contributed by atoms with Gasteiger partial charge in [0.2, 0.25) is 0 Å². The van der Waals surface area contributed by atoms with Crippen LogP contribution >= 0.6 is 0 Å². The minimum Gasteiger partial charge on any atom is -0.478 e. The van der Waals surface area contributed by atoms with E-state index in [-0.39, 0.29) is 30.4 Å². The molecule has 1 unspecified atom stereocenters. The standard InChI is InChI=1S/C30H31N5O3.C4H4O4.C2H6O.H2O/c1-34(2)14-13-23-18-31-26-12-11-20(16-25(23)26)17-27-29(37)35(30(38)33-27)19-21-7-6-10-24(15-21)32-28(36)22-8-4-3-5-9-22;5-3(6)1-2-4(7)8;1-2-3;/h3-12,15-16,18,27,31H,13-14,17,19H2,1-2H3,(H,32,36)(H,33,38);1-2H,(H,5,6)(H,7,8);3H,2H2,1H3;1H2. The first-order valence-corrected chi connectivity index (χ1v) is 15.5. The first kappa shape index (κ1) is 40.3. The number of fused-ring (bicyclic) bond motifs is 1. The van der Waals surface area contributed by atoms with Crippen molar-refractivity contribution in [3.63, 3.8) is 0 Å². The van der Waals surface area contributed by atoms with Gasteiger partial charge in [-0.15, -0.1) is 0 Å². The normalized spacial score (nSPS) is 13.5. The number of aromatic amines is 1. The summed E-state index contributed by atoms with van der Waals surface area (Å²) in [5, 5.41) is 30.1. The van der Waals surface area contributed by atoms with E-state index in [0.29, 0.717) is 29.8 Å². The van der Waals surface area contributed by atoms with Crippen LogP contribution in [-0.4, -0.2) is 98.7 Å². The number of aromatic nitrogens is 1. The Kier molecular flexibility index (Phi) is 16.0. The summed E-state index contributed by atoms with van der Waals surface area (Å²) in [4.78, 5) is 64.2. The number of urea groups is 1. The number of carbonyl (C=O) groups excluding carboxylic acids is 3. The van der Waals surface area contributed by atoms with Crippen LogP contribution in [0.4, 0.5) is 10.5 Å². The average Bonchev–Trinajstić information content (AvgIpc) is 3.59. The lowest BCUT2D eigenvalue weighted by molar-refractivity contribution is -0.134. The number of carboxylic acid groups (broad SMARTS) is 2. The topological polar surface area (TPSA) is 224 Å². The molecule has 4 aromatic rings. The average molecular weight is 690 g/mol. The van der Waals surface area contributed by atoms with Crippen molar-refractivity contribution >= 4 is 46.4 Å². The van der Waals surface area contributed by atoms with Crippen LogP contribution in [0.5, 0.6) is 0 Å². The molecule has 8 N–H and O–H groups in total. The van der Waals surface area contributed by atoms with Crippen molar-refractivity contribution < 1.29 is 44.8 Å². The first-order chi connectivity index (χ1) is 23.4. The number of amides is 4. The molecule has 0 spiro atoms. The van der Waals surface area contributed by atoms with E-state index in [0.717, 1.165) is 35.0 Å². The number of aliphatic hydroxyl groups is 1. The second kappa shape index (κ2) is 19.9. The molecule has 1 atom stereocenters. The van der Waals surface area contributed by atoms with Crippen molar-refractivity contribution in [2.24, 2.45) is 0 Å². The van der Waals surface area contributed by atoms with Gasteiger partial charge in [0, 0.05) is 60.1 Å². The maximum absolute atomic E-state index is 13.2. The van der Waals surface area contributed by atoms with Crippen LogP contribution in [0.2, 0.25) is 0 Å². The maximum atomic E-state index is 13.2. The smallest absolute Gasteiger partial charge is 0.328 e. The Morgan fingerprint density at radius 1 is 0.920 bits per heavy atom. The van der Waals surface area contributed by atoms with E-state index in [1.165, 1.54) is 10.5 Å². The van der Waals surface area contributed by atoms with E-state index in [4.69, 9.17) is 15.3 Å². The molecule has 50 heavy (non-hydrogen) atoms. The number of anilines is 1. The minimum absolute atomic E-state index is 0. The highest BCUT2D eigenvalue weighted by Crippen LogP contribution is 2.23. The maximum Gasteiger partial charge on any atom is 0.328 e. The third kappa shape index (κ3) is 12.3. The molecule has 0 bridgehead atoms. The molecular weight excluding hydrogens is 646 g/mol. The Labute approximate surface area is 289 Å². The second-order valence-electron chi connectivity index (χ2n) is 11.2. The summed E-state index contributed by atoms with van der Waals surface area (Å²) in [5.41, 5.74) is 5.19. The van der Waals surface area contributed by atoms with Crippen LogP contribution < -0.4 is 10.6 Å². The fraction of sp³-hybridized carbons (Fsp3) is 0.250. The van der Waals surface area contributed by atoms with Crippen LogP contribution in [0, 0.1) is 0 Å². The zero-order chi connectivity index (χ0) is 35.9. The minimum atomic E-state index is -1.26. The lowest BCUT2D eigenvalue weighted by Crippen LogP contribution is -2.32. The monoisotopic (exact) mass is 689 g/mol. The number of aliphatic carboxylic acids is 2. The number of rotatable bonds is 11. The van der Waals surface area contributed by atoms with E-state index in [2.05, 4.69) is 40.7 Å². The van der Waals surface area contributed by atoms with Crippen LogP contribution in [-0.2, 0) is 33.8 Å². The Hall–Kier alpha value is -5.83. The van der Waals surface area contributed by atoms with E-state index in [1.54, 1.807) is 49.4 Å². The van der Waals surface area contributed by atoms with Gasteiger partial charge in [0.05, 0.1) is 6.54 Å². The number of benzene rings is 3. The fourth-order valence-electron chi connectivity index (χ4n) is 4.87. The molecule has 4 amide bonds. The van der Waals surface area contributed by atoms with Crippen molar-refractivity contribution in [2.45, 2.75) is 32.4 Å². The van der Waals surface area contributed by atoms with Crippen LogP contribution in [0.1, 0.15) is 34.0 Å². The first-order valence-electron chi connectivity index (χ1n) is 15.5. The Balaban J connectivity index is 0.000000631. The molecule has 1 aliphatic heterocycles. The molecule has 266 valence electrons. The van der Waals surface area contributed by atoms with Gasteiger partial charge in [-0.2, -0.15) is 0 Å². The zero-order valence-corrected chi connectivity index (χ0v) is 28.1. The van der Waals surface area contributed by atoms with Gasteiger partial charge in [0.15, 0.2) is 0 Å². The third-order valence-corrected chi connectivity index (χ3v) is 7.14. The van der Waals surface area contributed by atoms with E-state index >= 15 is 0 Å². The number of hydrogen-bond acceptors (Lipinski definition) is 7. The number of nitrogens with zero attached hydrogens (tertiary/aromatic N) is 2. The number of aliphatic hydroxyl groups excluding tert-OH is 1. The van der Waals surface area contributed by atoms with Crippen molar-refractivity contribution in [2.75, 3.05) is 32.6 Å². The van der Waals surface area contributed by atoms with Crippen molar-refractivity contribution in [1.29, 1.82) is 0 Å². The number of nitrogens with one attached hydrogen (secondary N) is 3. The SMILES string of the molecule is CCO.CN(C)CCc1c[nH]c2ccc(CC3NC(=O)N(Cc4cccc(NC(=O)c5ccccc5)c4)C3=O)cc12.O.O=C(O)C=CC(=O)O. The summed E-state index contributed by atoms with van der Waals surface area (Å²) < 4.78 is 0. The number of imide groups is 1. The lowest BCUT2D eigenvalue weighted by Gasteiger charge is -2.14. The number of H-pyrrole nitrogens is 1. The highest BCUT2D eigenvalue weighted by molar-refractivity contribution is 6.05. The highest BCUT2D eigenvalue weighted by Gasteiger charge is 2.37. The molecule has 0 radical (unpaired) electrons. The van der Waals surface area contributed by atoms with Crippen LogP contribution in [0.15, 0.2) is 91.1 Å². The number of carbonyl (C=O) groups is 5. The predicted octanol–water partition coefficient (Wildman–Crippen LogP) is 3.07. The second-order valence-corrected chi connectivity index (χ2v) is 11.2. The van der Waals surface area contributed by atoms with Crippen LogP contribution in [0.25, 0.3) is 10.9 Å². The molecule has 2 heterocycles. The van der Waals surface area contributed by atoms with Gasteiger partial charge in [-0.3, -0.25) is 14.5 Å². The van der Waals surface area contributed by atoms with Gasteiger partial charge in [0.25, 0.3) is 11.8 Å². The van der Waals surface area contributed by atoms with E-state index in [9.17, 15) is 24.0 Å². The third-order valence-electron chi connectivity index (χ3n) is 7.14. The highest BCUT2D eigenvalue weighted by atomic mass is 16.4.